The summed E-state index contributed by atoms with van der Waals surface area (Å²) < 4.78 is 5.31. The second-order valence-electron chi connectivity index (χ2n) is 5.89. The summed E-state index contributed by atoms with van der Waals surface area (Å²) in [5, 5.41) is 6.32. The molecule has 2 N–H and O–H groups in total. The van der Waals surface area contributed by atoms with Crippen molar-refractivity contribution in [3.8, 4) is 0 Å². The third-order valence-corrected chi connectivity index (χ3v) is 3.17. The van der Waals surface area contributed by atoms with Gasteiger partial charge in [0.2, 0.25) is 0 Å². The third kappa shape index (κ3) is 3.22. The van der Waals surface area contributed by atoms with Gasteiger partial charge in [-0.05, 0) is 52.2 Å². The lowest BCUT2D eigenvalue weighted by molar-refractivity contribution is 0.0504. The van der Waals surface area contributed by atoms with Gasteiger partial charge >= 0.3 is 6.09 Å². The van der Waals surface area contributed by atoms with E-state index in [4.69, 9.17) is 4.74 Å². The van der Waals surface area contributed by atoms with Crippen LogP contribution in [0.15, 0.2) is 11.6 Å². The number of hydrogen-bond donors (Lipinski definition) is 2. The second kappa shape index (κ2) is 4.33. The van der Waals surface area contributed by atoms with Gasteiger partial charge in [0.15, 0.2) is 0 Å². The molecule has 0 radical (unpaired) electrons. The van der Waals surface area contributed by atoms with Crippen molar-refractivity contribution in [2.75, 3.05) is 13.1 Å². The molecule has 0 atom stereocenters. The first-order valence-corrected chi connectivity index (χ1v) is 6.33. The molecule has 0 aromatic carbocycles. The SMILES string of the molecule is CC(C)(C)OC(=O)NC1(C2=CCNCC2)CC1. The van der Waals surface area contributed by atoms with Crippen LogP contribution in [-0.2, 0) is 4.74 Å². The van der Waals surface area contributed by atoms with Crippen molar-refractivity contribution >= 4 is 6.09 Å². The van der Waals surface area contributed by atoms with Crippen molar-refractivity contribution in [3.63, 3.8) is 0 Å². The fourth-order valence-corrected chi connectivity index (χ4v) is 2.21. The Kier molecular flexibility index (Phi) is 3.17. The van der Waals surface area contributed by atoms with Gasteiger partial charge in [-0.1, -0.05) is 6.08 Å². The fourth-order valence-electron chi connectivity index (χ4n) is 2.21. The van der Waals surface area contributed by atoms with Crippen molar-refractivity contribution in [2.45, 2.75) is 51.2 Å². The quantitative estimate of drug-likeness (QED) is 0.723. The zero-order valence-electron chi connectivity index (χ0n) is 10.9. The van der Waals surface area contributed by atoms with Gasteiger partial charge < -0.3 is 15.4 Å². The lowest BCUT2D eigenvalue weighted by Gasteiger charge is -2.26. The zero-order chi connectivity index (χ0) is 12.5. The van der Waals surface area contributed by atoms with Crippen molar-refractivity contribution in [1.29, 1.82) is 0 Å². The molecule has 1 saturated carbocycles. The minimum atomic E-state index is -0.428. The smallest absolute Gasteiger partial charge is 0.408 e. The summed E-state index contributed by atoms with van der Waals surface area (Å²) in [5.41, 5.74) is 0.842. The maximum absolute atomic E-state index is 11.8. The van der Waals surface area contributed by atoms with E-state index in [2.05, 4.69) is 16.7 Å². The van der Waals surface area contributed by atoms with Crippen molar-refractivity contribution < 1.29 is 9.53 Å². The standard InChI is InChI=1S/C13H22N2O2/c1-12(2,3)17-11(16)15-13(6-7-13)10-4-8-14-9-5-10/h4,14H,5-9H2,1-3H3,(H,15,16). The summed E-state index contributed by atoms with van der Waals surface area (Å²) in [4.78, 5) is 11.8. The minimum Gasteiger partial charge on any atom is -0.444 e. The summed E-state index contributed by atoms with van der Waals surface area (Å²) in [7, 11) is 0. The monoisotopic (exact) mass is 238 g/mol. The molecule has 0 aromatic heterocycles. The molecule has 4 heteroatoms. The number of hydrogen-bond acceptors (Lipinski definition) is 3. The Morgan fingerprint density at radius 3 is 2.65 bits per heavy atom. The van der Waals surface area contributed by atoms with E-state index in [-0.39, 0.29) is 11.6 Å². The number of rotatable bonds is 2. The van der Waals surface area contributed by atoms with Gasteiger partial charge in [0.1, 0.15) is 5.60 Å². The predicted octanol–water partition coefficient (Wildman–Crippen LogP) is 1.96. The zero-order valence-corrected chi connectivity index (χ0v) is 10.9. The number of carbonyl (C=O) groups is 1. The molecule has 2 aliphatic rings. The van der Waals surface area contributed by atoms with E-state index in [9.17, 15) is 4.79 Å². The maximum Gasteiger partial charge on any atom is 0.408 e. The topological polar surface area (TPSA) is 50.4 Å². The molecule has 1 aliphatic carbocycles. The van der Waals surface area contributed by atoms with Crippen molar-refractivity contribution in [3.05, 3.63) is 11.6 Å². The van der Waals surface area contributed by atoms with E-state index >= 15 is 0 Å². The molecule has 0 saturated heterocycles. The Morgan fingerprint density at radius 1 is 1.47 bits per heavy atom. The Bertz CT molecular complexity index is 338. The molecular formula is C13H22N2O2. The minimum absolute atomic E-state index is 0.0928. The highest BCUT2D eigenvalue weighted by Crippen LogP contribution is 2.44. The lowest BCUT2D eigenvalue weighted by atomic mass is 9.99. The van der Waals surface area contributed by atoms with Crippen LogP contribution in [0.4, 0.5) is 4.79 Å². The van der Waals surface area contributed by atoms with Gasteiger partial charge in [-0.15, -0.1) is 0 Å². The van der Waals surface area contributed by atoms with Gasteiger partial charge in [0.25, 0.3) is 0 Å². The molecule has 4 nitrogen and oxygen atoms in total. The first kappa shape index (κ1) is 12.4. The molecule has 2 rings (SSSR count). The Morgan fingerprint density at radius 2 is 2.18 bits per heavy atom. The summed E-state index contributed by atoms with van der Waals surface area (Å²) in [5.74, 6) is 0. The Labute approximate surface area is 103 Å². The van der Waals surface area contributed by atoms with Crippen LogP contribution in [0.2, 0.25) is 0 Å². The number of amides is 1. The average molecular weight is 238 g/mol. The van der Waals surface area contributed by atoms with E-state index < -0.39 is 5.60 Å². The van der Waals surface area contributed by atoms with Gasteiger partial charge in [0, 0.05) is 6.54 Å². The number of alkyl carbamates (subject to hydrolysis) is 1. The van der Waals surface area contributed by atoms with Gasteiger partial charge in [-0.25, -0.2) is 4.79 Å². The van der Waals surface area contributed by atoms with E-state index in [1.54, 1.807) is 0 Å². The maximum atomic E-state index is 11.8. The van der Waals surface area contributed by atoms with Gasteiger partial charge in [0.05, 0.1) is 5.54 Å². The molecule has 17 heavy (non-hydrogen) atoms. The summed E-state index contributed by atoms with van der Waals surface area (Å²) in [6.07, 6.45) is 5.01. The van der Waals surface area contributed by atoms with Crippen LogP contribution in [0, 0.1) is 0 Å². The van der Waals surface area contributed by atoms with Crippen LogP contribution < -0.4 is 10.6 Å². The molecule has 96 valence electrons. The largest absolute Gasteiger partial charge is 0.444 e. The number of carbonyl (C=O) groups excluding carboxylic acids is 1. The van der Waals surface area contributed by atoms with Crippen molar-refractivity contribution in [2.24, 2.45) is 0 Å². The summed E-state index contributed by atoms with van der Waals surface area (Å²) in [6, 6.07) is 0. The first-order chi connectivity index (χ1) is 7.91. The molecule has 1 aliphatic heterocycles. The van der Waals surface area contributed by atoms with Crippen LogP contribution in [0.3, 0.4) is 0 Å². The molecule has 0 aromatic rings. The summed E-state index contributed by atoms with van der Waals surface area (Å²) in [6.45, 7) is 7.57. The van der Waals surface area contributed by atoms with Crippen LogP contribution >= 0.6 is 0 Å². The highest BCUT2D eigenvalue weighted by molar-refractivity contribution is 5.70. The van der Waals surface area contributed by atoms with Crippen LogP contribution in [0.25, 0.3) is 0 Å². The van der Waals surface area contributed by atoms with Gasteiger partial charge in [-0.2, -0.15) is 0 Å². The molecule has 0 bridgehead atoms. The molecule has 1 heterocycles. The van der Waals surface area contributed by atoms with E-state index in [0.717, 1.165) is 32.4 Å². The second-order valence-corrected chi connectivity index (χ2v) is 5.89. The van der Waals surface area contributed by atoms with E-state index in [1.165, 1.54) is 5.57 Å². The van der Waals surface area contributed by atoms with Crippen LogP contribution in [0.5, 0.6) is 0 Å². The highest BCUT2D eigenvalue weighted by atomic mass is 16.6. The first-order valence-electron chi connectivity index (χ1n) is 6.33. The summed E-state index contributed by atoms with van der Waals surface area (Å²) >= 11 is 0. The molecular weight excluding hydrogens is 216 g/mol. The lowest BCUT2D eigenvalue weighted by Crippen LogP contribution is -2.43. The number of nitrogens with one attached hydrogen (secondary N) is 2. The normalized spacial score (nSPS) is 22.6. The third-order valence-electron chi connectivity index (χ3n) is 3.17. The molecule has 1 fully saturated rings. The Hall–Kier alpha value is -1.03. The van der Waals surface area contributed by atoms with Crippen LogP contribution in [-0.4, -0.2) is 30.3 Å². The van der Waals surface area contributed by atoms with E-state index in [0.29, 0.717) is 0 Å². The molecule has 0 spiro atoms. The highest BCUT2D eigenvalue weighted by Gasteiger charge is 2.47. The molecule has 0 unspecified atom stereocenters. The van der Waals surface area contributed by atoms with Crippen LogP contribution in [0.1, 0.15) is 40.0 Å². The average Bonchev–Trinajstić information content (AvgIpc) is 2.97. The number of ether oxygens (including phenoxy) is 1. The molecule has 1 amide bonds. The Balaban J connectivity index is 1.94. The van der Waals surface area contributed by atoms with Gasteiger partial charge in [-0.3, -0.25) is 0 Å². The van der Waals surface area contributed by atoms with E-state index in [1.807, 2.05) is 20.8 Å². The van der Waals surface area contributed by atoms with Crippen molar-refractivity contribution in [1.82, 2.24) is 10.6 Å². The predicted molar refractivity (Wildman–Crippen MR) is 66.9 cm³/mol. The fraction of sp³-hybridized carbons (Fsp3) is 0.769.